The minimum Gasteiger partial charge on any atom is -0.744 e. The van der Waals surface area contributed by atoms with Crippen molar-refractivity contribution < 1.29 is 223 Å². The second kappa shape index (κ2) is 41.7. The Hall–Kier alpha value is -4.96. The van der Waals surface area contributed by atoms with Crippen LogP contribution in [-0.2, 0) is 109 Å². The average Bonchev–Trinajstić information content (AvgIpc) is 0.773. The Morgan fingerprint density at radius 3 is 0.567 bits per heavy atom. The molecule has 120 heavy (non-hydrogen) atoms. The molecule has 30 fully saturated rings. The predicted molar refractivity (Wildman–Crippen MR) is 378 cm³/mol. The molecular formula is C72H102N2O44S2. The summed E-state index contributed by atoms with van der Waals surface area (Å²) in [4.78, 5) is -0.355. The van der Waals surface area contributed by atoms with E-state index in [4.69, 9.17) is 75.8 Å². The van der Waals surface area contributed by atoms with Gasteiger partial charge in [-0.05, 0) is 38.1 Å². The maximum atomic E-state index is 11.9. The maximum absolute atomic E-state index is 11.9. The quantitative estimate of drug-likeness (QED) is 0.0463. The number of rotatable bonds is 12. The molecule has 0 saturated carbocycles. The van der Waals surface area contributed by atoms with E-state index in [9.17, 15) is 138 Å². The van der Waals surface area contributed by atoms with Crippen molar-refractivity contribution in [3.05, 3.63) is 121 Å². The molecule has 0 aliphatic carbocycles. The van der Waals surface area contributed by atoms with Gasteiger partial charge >= 0.3 is 0 Å². The van der Waals surface area contributed by atoms with Crippen LogP contribution in [-0.4, -0.2) is 424 Å². The summed E-state index contributed by atoms with van der Waals surface area (Å²) >= 11 is 0. The van der Waals surface area contributed by atoms with Crippen LogP contribution in [0.25, 0.3) is 0 Å². The van der Waals surface area contributed by atoms with Crippen molar-refractivity contribution >= 4 is 20.2 Å². The van der Waals surface area contributed by atoms with Crippen molar-refractivity contribution in [2.45, 2.75) is 282 Å². The van der Waals surface area contributed by atoms with Crippen LogP contribution in [0.2, 0.25) is 0 Å². The summed E-state index contributed by atoms with van der Waals surface area (Å²) in [6.07, 6.45) is -73.5. The van der Waals surface area contributed by atoms with Crippen molar-refractivity contribution in [3.63, 3.8) is 0 Å². The second-order valence-electron chi connectivity index (χ2n) is 29.8. The molecule has 676 valence electrons. The van der Waals surface area contributed by atoms with Gasteiger partial charge in [-0.3, -0.25) is 0 Å². The normalized spacial score (nSPS) is 43.6. The first-order chi connectivity index (χ1) is 56.9. The third-order valence-electron chi connectivity index (χ3n) is 21.5. The molecule has 2 aromatic heterocycles. The molecular weight excluding hydrogens is 1660 g/mol. The molecule has 48 heteroatoms. The van der Waals surface area contributed by atoms with Gasteiger partial charge in [-0.15, -0.1) is 0 Å². The lowest BCUT2D eigenvalue weighted by atomic mass is 9.94. The highest BCUT2D eigenvalue weighted by molar-refractivity contribution is 7.86. The van der Waals surface area contributed by atoms with Crippen molar-refractivity contribution in [1.82, 2.24) is 0 Å². The zero-order valence-electron chi connectivity index (χ0n) is 63.7. The highest BCUT2D eigenvalue weighted by atomic mass is 32.2. The number of nitrogens with zero attached hydrogens (tertiary/aromatic N) is 2. The molecule has 30 aliphatic rings. The van der Waals surface area contributed by atoms with Crippen LogP contribution in [0, 0.1) is 13.8 Å². The summed E-state index contributed by atoms with van der Waals surface area (Å²) in [7, 11) is -8.54. The Balaban J connectivity index is 0.000000554. The van der Waals surface area contributed by atoms with E-state index in [-0.39, 0.29) is 22.9 Å². The van der Waals surface area contributed by atoms with Crippen molar-refractivity contribution in [3.8, 4) is 0 Å². The maximum Gasteiger partial charge on any atom is 0.187 e. The lowest BCUT2D eigenvalue weighted by molar-refractivity contribution is -0.707. The molecule has 30 aliphatic heterocycles. The molecule has 22 N–H and O–H groups in total. The molecule has 16 bridgehead atoms. The number of aryl methyl sites for hydroxylation is 2. The first kappa shape index (κ1) is 95.7. The summed E-state index contributed by atoms with van der Waals surface area (Å²) in [5, 5.41) is 250. The molecule has 32 heterocycles. The van der Waals surface area contributed by atoms with Crippen LogP contribution in [0.15, 0.2) is 120 Å². The van der Waals surface area contributed by atoms with Gasteiger partial charge in [0.05, 0.1) is 49.4 Å². The summed E-state index contributed by atoms with van der Waals surface area (Å²) in [5.74, 6) is 0. The van der Waals surface area contributed by atoms with Gasteiger partial charge in [-0.2, -0.15) is 0 Å². The summed E-state index contributed by atoms with van der Waals surface area (Å²) < 4.78 is 160. The van der Waals surface area contributed by atoms with Crippen LogP contribution in [0.1, 0.15) is 11.1 Å². The lowest BCUT2D eigenvalue weighted by Gasteiger charge is -2.50. The van der Waals surface area contributed by atoms with Gasteiger partial charge < -0.3 is 197 Å². The number of aliphatic hydroxyl groups is 22. The molecule has 0 spiro atoms. The Bertz CT molecular complexity index is 3910. The van der Waals surface area contributed by atoms with E-state index >= 15 is 0 Å². The van der Waals surface area contributed by atoms with Gasteiger partial charge in [0.1, 0.15) is 216 Å². The molecule has 46 nitrogen and oxygen atoms in total. The first-order valence-corrected chi connectivity index (χ1v) is 40.7. The first-order valence-electron chi connectivity index (χ1n) is 37.9. The summed E-state index contributed by atoms with van der Waals surface area (Å²) in [5.41, 5.74) is 1.86. The highest BCUT2D eigenvalue weighted by Gasteiger charge is 2.61. The highest BCUT2D eigenvalue weighted by Crippen LogP contribution is 2.40. The van der Waals surface area contributed by atoms with Crippen molar-refractivity contribution in [2.24, 2.45) is 0 Å². The monoisotopic (exact) mass is 1760 g/mol. The van der Waals surface area contributed by atoms with E-state index in [1.54, 1.807) is 85.5 Å². The Morgan fingerprint density at radius 2 is 0.408 bits per heavy atom. The Kier molecular flexibility index (Phi) is 33.2. The van der Waals surface area contributed by atoms with E-state index in [0.717, 1.165) is 11.1 Å². The molecule has 40 atom stereocenters. The zero-order chi connectivity index (χ0) is 87.3. The van der Waals surface area contributed by atoms with Gasteiger partial charge in [0, 0.05) is 24.3 Å². The fraction of sp³-hybridized carbons (Fsp3) is 0.694. The summed E-state index contributed by atoms with van der Waals surface area (Å²) in [6, 6.07) is 21.4. The van der Waals surface area contributed by atoms with Crippen LogP contribution >= 0.6 is 0 Å². The third-order valence-corrected chi connectivity index (χ3v) is 23.2. The van der Waals surface area contributed by atoms with Crippen LogP contribution < -0.4 is 9.13 Å². The Labute approximate surface area is 683 Å². The summed E-state index contributed by atoms with van der Waals surface area (Å²) in [6.45, 7) is -3.21. The lowest BCUT2D eigenvalue weighted by Crippen LogP contribution is -2.69. The molecule has 34 rings (SSSR count). The largest absolute Gasteiger partial charge is 0.744 e. The molecule has 30 saturated heterocycles. The van der Waals surface area contributed by atoms with E-state index < -0.39 is 306 Å². The smallest absolute Gasteiger partial charge is 0.187 e. The standard InChI is InChI=1S/C58H88N2O38.2C7H8O3S/c61-13-21-45-29(69)37(77)53(85-21)91-43-19(11-59-7-3-1-4-8-59)84-52(36(76)28(43)68)94-46-22(14-62)87-55(39(79)31(46)71)96-48-24(16-64)89-57(41(81)33(48)73)98-50-26(18-66)90-58(42(82)34(50)74)97-49-25(17-65)88-56(40(80)32(49)72)95-47-23(15-63)86-54(38(78)30(47)70)92-44-20(12-60-9-5-2-6-10-60)83-51(93-45)35(75)27(44)67;2*1-6-2-4-7(5-3-6)11(8,9)10/h1-10,19-58,61-82H,11-18H2;2*2-5H,1H3,(H,8,9,10)/q+2;;/p-2/t19-,20-,21-,22-,23-,24-,25-,26-,27-,28-,29-,30-,31-,32-,33-,34-,35-,36-,37-,38-,39-,40-,41-,42-,43-,44-,45-,46-,47-,48-,49-,50-,51-,52-,53-,54-,55-,56-,57-,58-;;/m1../s1. The van der Waals surface area contributed by atoms with Gasteiger partial charge in [0.15, 0.2) is 88.2 Å². The van der Waals surface area contributed by atoms with Gasteiger partial charge in [0.25, 0.3) is 0 Å². The molecule has 0 unspecified atom stereocenters. The molecule has 2 aromatic carbocycles. The van der Waals surface area contributed by atoms with E-state index in [0.29, 0.717) is 0 Å². The average molecular weight is 1760 g/mol. The molecule has 4 aromatic rings. The predicted octanol–water partition coefficient (Wildman–Crippen LogP) is -13.6. The van der Waals surface area contributed by atoms with Crippen LogP contribution in [0.3, 0.4) is 0 Å². The van der Waals surface area contributed by atoms with Crippen molar-refractivity contribution in [1.29, 1.82) is 0 Å². The van der Waals surface area contributed by atoms with Crippen LogP contribution in [0.4, 0.5) is 0 Å². The minimum atomic E-state index is -4.27. The fourth-order valence-electron chi connectivity index (χ4n) is 14.8. The van der Waals surface area contributed by atoms with Gasteiger partial charge in [-0.1, -0.05) is 47.5 Å². The van der Waals surface area contributed by atoms with Gasteiger partial charge in [-0.25, -0.2) is 26.0 Å². The number of aromatic nitrogens is 2. The number of hydrogen-bond acceptors (Lipinski definition) is 44. The zero-order valence-corrected chi connectivity index (χ0v) is 65.3. The number of hydrogen-bond donors (Lipinski definition) is 22. The van der Waals surface area contributed by atoms with E-state index in [2.05, 4.69) is 0 Å². The van der Waals surface area contributed by atoms with E-state index in [1.807, 2.05) is 13.8 Å². The van der Waals surface area contributed by atoms with Gasteiger partial charge in [0.2, 0.25) is 0 Å². The molecule has 0 radical (unpaired) electrons. The minimum absolute atomic E-state index is 0.178. The molecule has 0 amide bonds. The third kappa shape index (κ3) is 21.8. The van der Waals surface area contributed by atoms with E-state index in [1.165, 1.54) is 33.4 Å². The fourth-order valence-corrected chi connectivity index (χ4v) is 15.8. The number of pyridine rings is 2. The van der Waals surface area contributed by atoms with Crippen molar-refractivity contribution in [2.75, 3.05) is 39.6 Å². The number of aliphatic hydroxyl groups excluding tert-OH is 22. The SMILES string of the molecule is Cc1ccc(S(=O)(=O)[O-])cc1.Cc1ccc(S(=O)(=O)[O-])cc1.OC[C@H]1O[C@@H]2O[C@H]3[C@H](O)[C@@H](O)[C@@H](O[C@H]4[C@H](O)[C@@H](O)[C@@H](O[C@H]5[C@H](O)[C@@H](O)[C@@H](O[C@H]6[C@H](O)[C@@H](O)[C@@H](O[C@H]7[C@H](O)[C@@H](O)[C@@H](O[C@H]8[C@H](O)[C@@H](O)[C@@H](O[C@H]9[C@H](O)[C@@H](O)[C@@H](O[C@H]1[C@H](O)[C@H]2O)O[C@@H]9CO)O[C@@H]8CO)O[C@@H]7C[n+]1ccccc1)O[C@@H]6CO)O[C@@H]5C[n+]1ccccc1)O[C@@H]4CO)O[C@@H]3CO. The second-order valence-corrected chi connectivity index (χ2v) is 32.5. The Morgan fingerprint density at radius 1 is 0.250 bits per heavy atom. The van der Waals surface area contributed by atoms with Crippen LogP contribution in [0.5, 0.6) is 0 Å². The number of ether oxygens (including phenoxy) is 16. The topological polar surface area (TPSA) is 715 Å². The number of benzene rings is 2.